The van der Waals surface area contributed by atoms with Crippen LogP contribution in [0.2, 0.25) is 0 Å². The van der Waals surface area contributed by atoms with E-state index in [1.807, 2.05) is 6.07 Å². The molecule has 5 aromatic carbocycles. The van der Waals surface area contributed by atoms with Gasteiger partial charge in [-0.3, -0.25) is 0 Å². The number of ether oxygens (including phenoxy) is 1. The van der Waals surface area contributed by atoms with E-state index < -0.39 is 0 Å². The lowest BCUT2D eigenvalue weighted by Gasteiger charge is -2.26. The zero-order valence-electron chi connectivity index (χ0n) is 18.1. The Hall–Kier alpha value is -3.84. The largest absolute Gasteiger partial charge is 0.456 e. The third-order valence-corrected chi connectivity index (χ3v) is 7.23. The average molecular weight is 411 g/mol. The lowest BCUT2D eigenvalue weighted by Crippen LogP contribution is -2.16. The third-order valence-electron chi connectivity index (χ3n) is 7.23. The first-order valence-corrected chi connectivity index (χ1v) is 11.2. The third kappa shape index (κ3) is 2.23. The second kappa shape index (κ2) is 6.11. The van der Waals surface area contributed by atoms with Gasteiger partial charge in [0.25, 0.3) is 0 Å². The molecule has 0 fully saturated rings. The van der Waals surface area contributed by atoms with Crippen molar-refractivity contribution in [2.24, 2.45) is 0 Å². The van der Waals surface area contributed by atoms with E-state index in [2.05, 4.69) is 105 Å². The molecule has 152 valence electrons. The van der Waals surface area contributed by atoms with Crippen LogP contribution < -0.4 is 4.74 Å². The summed E-state index contributed by atoms with van der Waals surface area (Å²) in [6, 6.07) is 35.0. The van der Waals surface area contributed by atoms with E-state index in [1.165, 1.54) is 49.7 Å². The quantitative estimate of drug-likeness (QED) is 0.264. The van der Waals surface area contributed by atoms with Gasteiger partial charge in [0.1, 0.15) is 11.5 Å². The Morgan fingerprint density at radius 3 is 2.16 bits per heavy atom. The maximum Gasteiger partial charge on any atom is 0.135 e. The Labute approximate surface area is 187 Å². The number of para-hydroxylation sites is 1. The van der Waals surface area contributed by atoms with Crippen molar-refractivity contribution in [3.8, 4) is 44.9 Å². The fourth-order valence-electron chi connectivity index (χ4n) is 5.83. The lowest BCUT2D eigenvalue weighted by molar-refractivity contribution is 0.487. The van der Waals surface area contributed by atoms with Gasteiger partial charge in [0.15, 0.2) is 0 Å². The molecule has 2 aliphatic rings. The van der Waals surface area contributed by atoms with E-state index in [9.17, 15) is 0 Å². The van der Waals surface area contributed by atoms with Gasteiger partial charge >= 0.3 is 0 Å². The summed E-state index contributed by atoms with van der Waals surface area (Å²) in [5, 5.41) is 2.42. The monoisotopic (exact) mass is 410 g/mol. The van der Waals surface area contributed by atoms with E-state index >= 15 is 0 Å². The second-order valence-electron chi connectivity index (χ2n) is 9.38. The van der Waals surface area contributed by atoms with E-state index in [-0.39, 0.29) is 5.41 Å². The van der Waals surface area contributed by atoms with Crippen LogP contribution in [-0.4, -0.2) is 0 Å². The summed E-state index contributed by atoms with van der Waals surface area (Å²) in [5.74, 6) is 1.87. The number of fused-ring (bicyclic) bond motifs is 5. The minimum absolute atomic E-state index is 0.0441. The molecule has 0 radical (unpaired) electrons. The predicted octanol–water partition coefficient (Wildman–Crippen LogP) is 8.59. The van der Waals surface area contributed by atoms with Crippen LogP contribution in [0.15, 0.2) is 97.1 Å². The van der Waals surface area contributed by atoms with E-state index in [0.29, 0.717) is 0 Å². The van der Waals surface area contributed by atoms with Crippen LogP contribution in [0.5, 0.6) is 11.5 Å². The van der Waals surface area contributed by atoms with E-state index in [0.717, 1.165) is 17.1 Å². The normalized spacial score (nSPS) is 14.4. The minimum Gasteiger partial charge on any atom is -0.456 e. The Bertz CT molecular complexity index is 1570. The Morgan fingerprint density at radius 1 is 0.562 bits per heavy atom. The van der Waals surface area contributed by atoms with E-state index in [4.69, 9.17) is 4.74 Å². The summed E-state index contributed by atoms with van der Waals surface area (Å²) in [4.78, 5) is 0. The summed E-state index contributed by atoms with van der Waals surface area (Å²) >= 11 is 0. The van der Waals surface area contributed by atoms with Crippen LogP contribution in [0, 0.1) is 0 Å². The Morgan fingerprint density at radius 2 is 1.25 bits per heavy atom. The molecule has 0 bridgehead atoms. The van der Waals surface area contributed by atoms with E-state index in [1.54, 1.807) is 0 Å². The Balaban J connectivity index is 1.55. The van der Waals surface area contributed by atoms with Gasteiger partial charge in [-0.05, 0) is 68.6 Å². The van der Waals surface area contributed by atoms with Crippen LogP contribution in [0.25, 0.3) is 44.2 Å². The first-order valence-electron chi connectivity index (χ1n) is 11.2. The van der Waals surface area contributed by atoms with Crippen LogP contribution in [0.1, 0.15) is 25.0 Å². The zero-order valence-corrected chi connectivity index (χ0v) is 18.1. The smallest absolute Gasteiger partial charge is 0.135 e. The molecule has 1 aliphatic carbocycles. The van der Waals surface area contributed by atoms with Crippen molar-refractivity contribution in [3.05, 3.63) is 108 Å². The molecular formula is C31H22O. The fourth-order valence-corrected chi connectivity index (χ4v) is 5.83. The molecule has 32 heavy (non-hydrogen) atoms. The summed E-state index contributed by atoms with van der Waals surface area (Å²) in [7, 11) is 0. The first kappa shape index (κ1) is 17.8. The molecule has 7 rings (SSSR count). The van der Waals surface area contributed by atoms with Crippen LogP contribution in [-0.2, 0) is 5.41 Å². The molecule has 0 saturated carbocycles. The van der Waals surface area contributed by atoms with Gasteiger partial charge in [-0.2, -0.15) is 0 Å². The summed E-state index contributed by atoms with van der Waals surface area (Å²) in [5.41, 5.74) is 10.5. The molecule has 1 heterocycles. The number of hydrogen-bond acceptors (Lipinski definition) is 1. The molecule has 0 unspecified atom stereocenters. The lowest BCUT2D eigenvalue weighted by atomic mass is 9.78. The molecule has 5 aromatic rings. The molecule has 0 spiro atoms. The first-order chi connectivity index (χ1) is 15.6. The highest BCUT2D eigenvalue weighted by atomic mass is 16.5. The van der Waals surface area contributed by atoms with Crippen LogP contribution in [0.3, 0.4) is 0 Å². The van der Waals surface area contributed by atoms with Gasteiger partial charge in [-0.25, -0.2) is 0 Å². The highest BCUT2D eigenvalue weighted by Crippen LogP contribution is 2.53. The second-order valence-corrected chi connectivity index (χ2v) is 9.38. The summed E-state index contributed by atoms with van der Waals surface area (Å²) in [6.45, 7) is 4.71. The molecule has 1 heteroatoms. The summed E-state index contributed by atoms with van der Waals surface area (Å²) < 4.78 is 6.24. The Kier molecular flexibility index (Phi) is 3.40. The molecule has 0 amide bonds. The zero-order chi connectivity index (χ0) is 21.4. The SMILES string of the molecule is CC1(C)c2ccccc2-c2cccc(-c3cc4c5c(cccc5c3)Oc3ccccc3-4)c21. The van der Waals surface area contributed by atoms with Crippen molar-refractivity contribution >= 4 is 10.8 Å². The van der Waals surface area contributed by atoms with Gasteiger partial charge in [0, 0.05) is 16.4 Å². The molecule has 1 aliphatic heterocycles. The highest BCUT2D eigenvalue weighted by molar-refractivity contribution is 6.07. The van der Waals surface area contributed by atoms with Crippen molar-refractivity contribution in [1.29, 1.82) is 0 Å². The highest BCUT2D eigenvalue weighted by Gasteiger charge is 2.37. The van der Waals surface area contributed by atoms with Crippen molar-refractivity contribution in [1.82, 2.24) is 0 Å². The van der Waals surface area contributed by atoms with Crippen molar-refractivity contribution in [3.63, 3.8) is 0 Å². The molecular weight excluding hydrogens is 388 g/mol. The summed E-state index contributed by atoms with van der Waals surface area (Å²) in [6.07, 6.45) is 0. The molecule has 0 N–H and O–H groups in total. The number of hydrogen-bond donors (Lipinski definition) is 0. The predicted molar refractivity (Wildman–Crippen MR) is 132 cm³/mol. The van der Waals surface area contributed by atoms with Gasteiger partial charge in [0.2, 0.25) is 0 Å². The number of rotatable bonds is 1. The average Bonchev–Trinajstić information content (AvgIpc) is 3.06. The van der Waals surface area contributed by atoms with Crippen LogP contribution >= 0.6 is 0 Å². The topological polar surface area (TPSA) is 9.23 Å². The minimum atomic E-state index is -0.0441. The van der Waals surface area contributed by atoms with Crippen molar-refractivity contribution in [2.75, 3.05) is 0 Å². The standard InChI is InChI=1S/C31H22O/c1-31(2)26-14-5-3-10-22(26)24-13-8-12-21(30(24)31)20-17-19-9-7-16-28-29(19)25(18-20)23-11-4-6-15-27(23)32-28/h3-18H,1-2H3. The molecule has 0 atom stereocenters. The molecule has 1 nitrogen and oxygen atoms in total. The maximum atomic E-state index is 6.24. The van der Waals surface area contributed by atoms with Crippen molar-refractivity contribution in [2.45, 2.75) is 19.3 Å². The maximum absolute atomic E-state index is 6.24. The fraction of sp³-hybridized carbons (Fsp3) is 0.0968. The van der Waals surface area contributed by atoms with Gasteiger partial charge < -0.3 is 4.74 Å². The van der Waals surface area contributed by atoms with Gasteiger partial charge in [-0.1, -0.05) is 86.6 Å². The molecule has 0 aromatic heterocycles. The van der Waals surface area contributed by atoms with Crippen LogP contribution in [0.4, 0.5) is 0 Å². The van der Waals surface area contributed by atoms with Gasteiger partial charge in [0.05, 0.1) is 0 Å². The van der Waals surface area contributed by atoms with Crippen molar-refractivity contribution < 1.29 is 4.74 Å². The number of benzene rings is 5. The van der Waals surface area contributed by atoms with Gasteiger partial charge in [-0.15, -0.1) is 0 Å². The molecule has 0 saturated heterocycles.